The van der Waals surface area contributed by atoms with Crippen LogP contribution in [0, 0.1) is 12.3 Å². The summed E-state index contributed by atoms with van der Waals surface area (Å²) in [7, 11) is -3.43. The van der Waals surface area contributed by atoms with E-state index in [0.717, 1.165) is 56.0 Å². The summed E-state index contributed by atoms with van der Waals surface area (Å²) in [4.78, 5) is 7.36. The second kappa shape index (κ2) is 7.03. The van der Waals surface area contributed by atoms with Gasteiger partial charge in [0.25, 0.3) is 0 Å². The SMILES string of the molecule is Cc1nc(CN2CCC3(CCC3NS(=O)(=O)c3ccccc3)CC2)cs1. The molecule has 2 heterocycles. The van der Waals surface area contributed by atoms with Gasteiger partial charge in [-0.1, -0.05) is 18.2 Å². The van der Waals surface area contributed by atoms with Crippen molar-refractivity contribution in [1.82, 2.24) is 14.6 Å². The topological polar surface area (TPSA) is 62.3 Å². The van der Waals surface area contributed by atoms with Gasteiger partial charge >= 0.3 is 0 Å². The van der Waals surface area contributed by atoms with E-state index < -0.39 is 10.0 Å². The summed E-state index contributed by atoms with van der Waals surface area (Å²) in [5.74, 6) is 0. The lowest BCUT2D eigenvalue weighted by molar-refractivity contribution is 0.000423. The molecule has 26 heavy (non-hydrogen) atoms. The fraction of sp³-hybridized carbons (Fsp3) is 0.526. The standard InChI is InChI=1S/C19H25N3O2S2/c1-15-20-16(14-25-15)13-22-11-9-19(10-12-22)8-7-18(19)21-26(23,24)17-5-3-2-4-6-17/h2-6,14,18,21H,7-13H2,1H3. The molecule has 7 heteroatoms. The van der Waals surface area contributed by atoms with Gasteiger partial charge in [0.1, 0.15) is 0 Å². The highest BCUT2D eigenvalue weighted by atomic mass is 32.2. The first kappa shape index (κ1) is 18.1. The number of benzene rings is 1. The van der Waals surface area contributed by atoms with Crippen molar-refractivity contribution in [3.05, 3.63) is 46.4 Å². The Morgan fingerprint density at radius 2 is 1.96 bits per heavy atom. The van der Waals surface area contributed by atoms with Gasteiger partial charge in [0.05, 0.1) is 15.6 Å². The maximum atomic E-state index is 12.6. The third kappa shape index (κ3) is 3.58. The minimum absolute atomic E-state index is 0.0661. The van der Waals surface area contributed by atoms with Crippen LogP contribution < -0.4 is 4.72 Å². The number of rotatable bonds is 5. The molecular formula is C19H25N3O2S2. The van der Waals surface area contributed by atoms with Crippen LogP contribution in [0.25, 0.3) is 0 Å². The van der Waals surface area contributed by atoms with Gasteiger partial charge in [0.15, 0.2) is 0 Å². The molecular weight excluding hydrogens is 366 g/mol. The molecule has 1 saturated carbocycles. The molecule has 1 spiro atoms. The molecule has 1 aliphatic heterocycles. The summed E-state index contributed by atoms with van der Waals surface area (Å²) in [6.45, 7) is 4.97. The molecule has 1 atom stereocenters. The van der Waals surface area contributed by atoms with Crippen molar-refractivity contribution in [2.24, 2.45) is 5.41 Å². The molecule has 0 radical (unpaired) electrons. The number of hydrogen-bond donors (Lipinski definition) is 1. The first-order chi connectivity index (χ1) is 12.5. The van der Waals surface area contributed by atoms with E-state index in [9.17, 15) is 8.42 Å². The zero-order chi connectivity index (χ0) is 18.2. The van der Waals surface area contributed by atoms with Crippen molar-refractivity contribution in [3.8, 4) is 0 Å². The van der Waals surface area contributed by atoms with Gasteiger partial charge in [0.2, 0.25) is 10.0 Å². The molecule has 0 amide bonds. The summed E-state index contributed by atoms with van der Waals surface area (Å²) in [6, 6.07) is 8.76. The molecule has 2 fully saturated rings. The lowest BCUT2D eigenvalue weighted by Gasteiger charge is -2.53. The van der Waals surface area contributed by atoms with Gasteiger partial charge in [-0.05, 0) is 63.2 Å². The molecule has 2 aliphatic rings. The number of sulfonamides is 1. The first-order valence-corrected chi connectivity index (χ1v) is 11.5. The number of nitrogens with zero attached hydrogens (tertiary/aromatic N) is 2. The van der Waals surface area contributed by atoms with E-state index in [4.69, 9.17) is 0 Å². The molecule has 1 unspecified atom stereocenters. The lowest BCUT2D eigenvalue weighted by atomic mass is 9.59. The Bertz CT molecular complexity index is 856. The van der Waals surface area contributed by atoms with E-state index in [2.05, 4.69) is 20.0 Å². The smallest absolute Gasteiger partial charge is 0.240 e. The van der Waals surface area contributed by atoms with Crippen LogP contribution in [-0.2, 0) is 16.6 Å². The van der Waals surface area contributed by atoms with Crippen LogP contribution in [-0.4, -0.2) is 37.4 Å². The van der Waals surface area contributed by atoms with Gasteiger partial charge in [0, 0.05) is 18.0 Å². The van der Waals surface area contributed by atoms with Gasteiger partial charge < -0.3 is 0 Å². The predicted molar refractivity (Wildman–Crippen MR) is 104 cm³/mol. The zero-order valence-corrected chi connectivity index (χ0v) is 16.7. The van der Waals surface area contributed by atoms with E-state index in [0.29, 0.717) is 4.90 Å². The Kier molecular flexibility index (Phi) is 4.90. The summed E-state index contributed by atoms with van der Waals surface area (Å²) in [5.41, 5.74) is 1.29. The molecule has 4 rings (SSSR count). The van der Waals surface area contributed by atoms with Crippen molar-refractivity contribution in [2.75, 3.05) is 13.1 Å². The van der Waals surface area contributed by atoms with E-state index in [1.165, 1.54) is 0 Å². The molecule has 5 nitrogen and oxygen atoms in total. The molecule has 140 valence electrons. The maximum absolute atomic E-state index is 12.6. The fourth-order valence-corrected chi connectivity index (χ4v) is 6.20. The summed E-state index contributed by atoms with van der Waals surface area (Å²) < 4.78 is 28.3. The number of thiazole rings is 1. The number of aryl methyl sites for hydroxylation is 1. The molecule has 1 aromatic heterocycles. The van der Waals surface area contributed by atoms with Crippen LogP contribution in [0.5, 0.6) is 0 Å². The summed E-state index contributed by atoms with van der Waals surface area (Å²) >= 11 is 1.70. The molecule has 2 aromatic rings. The molecule has 1 aliphatic carbocycles. The van der Waals surface area contributed by atoms with E-state index in [1.54, 1.807) is 35.6 Å². The average Bonchev–Trinajstić information content (AvgIpc) is 3.05. The van der Waals surface area contributed by atoms with Crippen molar-refractivity contribution in [3.63, 3.8) is 0 Å². The van der Waals surface area contributed by atoms with Crippen LogP contribution >= 0.6 is 11.3 Å². The number of hydrogen-bond acceptors (Lipinski definition) is 5. The largest absolute Gasteiger partial charge is 0.297 e. The van der Waals surface area contributed by atoms with Crippen LogP contribution in [0.1, 0.15) is 36.4 Å². The molecule has 1 N–H and O–H groups in total. The minimum atomic E-state index is -3.43. The third-order valence-corrected chi connectivity index (χ3v) is 8.23. The summed E-state index contributed by atoms with van der Waals surface area (Å²) in [5, 5.41) is 3.25. The van der Waals surface area contributed by atoms with E-state index >= 15 is 0 Å². The molecule has 1 aromatic carbocycles. The first-order valence-electron chi connectivity index (χ1n) is 9.18. The Hall–Kier alpha value is -1.28. The van der Waals surface area contributed by atoms with Gasteiger partial charge in [-0.15, -0.1) is 11.3 Å². The fourth-order valence-electron chi connectivity index (χ4n) is 4.20. The van der Waals surface area contributed by atoms with Gasteiger partial charge in [-0.2, -0.15) is 0 Å². The Balaban J connectivity index is 1.37. The maximum Gasteiger partial charge on any atom is 0.240 e. The van der Waals surface area contributed by atoms with Crippen molar-refractivity contribution in [2.45, 2.75) is 50.1 Å². The van der Waals surface area contributed by atoms with Gasteiger partial charge in [-0.25, -0.2) is 18.1 Å². The monoisotopic (exact) mass is 391 g/mol. The van der Waals surface area contributed by atoms with Crippen LogP contribution in [0.2, 0.25) is 0 Å². The van der Waals surface area contributed by atoms with Crippen LogP contribution in [0.15, 0.2) is 40.6 Å². The van der Waals surface area contributed by atoms with Crippen LogP contribution in [0.3, 0.4) is 0 Å². The highest BCUT2D eigenvalue weighted by Gasteiger charge is 2.49. The van der Waals surface area contributed by atoms with Crippen molar-refractivity contribution in [1.29, 1.82) is 0 Å². The van der Waals surface area contributed by atoms with Crippen molar-refractivity contribution < 1.29 is 8.42 Å². The van der Waals surface area contributed by atoms with Gasteiger partial charge in [-0.3, -0.25) is 4.90 Å². The second-order valence-electron chi connectivity index (χ2n) is 7.52. The molecule has 0 bridgehead atoms. The highest BCUT2D eigenvalue weighted by molar-refractivity contribution is 7.89. The average molecular weight is 392 g/mol. The predicted octanol–water partition coefficient (Wildman–Crippen LogP) is 3.17. The molecule has 1 saturated heterocycles. The minimum Gasteiger partial charge on any atom is -0.297 e. The highest BCUT2D eigenvalue weighted by Crippen LogP contribution is 2.49. The Labute approximate surface area is 159 Å². The van der Waals surface area contributed by atoms with Crippen LogP contribution in [0.4, 0.5) is 0 Å². The Morgan fingerprint density at radius 1 is 1.23 bits per heavy atom. The number of piperidine rings is 1. The number of likely N-dealkylation sites (tertiary alicyclic amines) is 1. The zero-order valence-electron chi connectivity index (χ0n) is 15.0. The summed E-state index contributed by atoms with van der Waals surface area (Å²) in [6.07, 6.45) is 4.17. The second-order valence-corrected chi connectivity index (χ2v) is 10.3. The van der Waals surface area contributed by atoms with E-state index in [-0.39, 0.29) is 11.5 Å². The van der Waals surface area contributed by atoms with E-state index in [1.807, 2.05) is 13.0 Å². The number of nitrogens with one attached hydrogen (secondary N) is 1. The van der Waals surface area contributed by atoms with Crippen molar-refractivity contribution >= 4 is 21.4 Å². The quantitative estimate of drug-likeness (QED) is 0.850. The Morgan fingerprint density at radius 3 is 2.54 bits per heavy atom. The lowest BCUT2D eigenvalue weighted by Crippen LogP contribution is -2.58. The normalized spacial score (nSPS) is 23.0. The third-order valence-electron chi connectivity index (χ3n) is 5.93. The number of aromatic nitrogens is 1.